The molecule has 1 N–H and O–H groups in total. The highest BCUT2D eigenvalue weighted by Crippen LogP contribution is 2.39. The number of aromatic hydroxyl groups is 1. The molecule has 0 amide bonds. The molecule has 1 aromatic heterocycles. The lowest BCUT2D eigenvalue weighted by molar-refractivity contribution is 0.415. The van der Waals surface area contributed by atoms with Crippen LogP contribution in [-0.4, -0.2) is 22.9 Å². The van der Waals surface area contributed by atoms with Crippen molar-refractivity contribution in [3.63, 3.8) is 0 Å². The molecule has 3 aromatic carbocycles. The highest BCUT2D eigenvalue weighted by atomic mass is 32.1. The number of benzene rings is 3. The average Bonchev–Trinajstić information content (AvgIpc) is 3.48. The van der Waals surface area contributed by atoms with Gasteiger partial charge in [-0.3, -0.25) is 0 Å². The first-order chi connectivity index (χ1) is 15.2. The standard InChI is InChI=1S/C25H21N3O2S/c1-30-21-13-9-18(10-14-21)22-15-24(19-7-11-20(29)12-8-19)28(27-22)25-26-23(16-31-25)17-5-3-2-4-6-17/h2-14,16,24,29H,15H2,1H3. The lowest BCUT2D eigenvalue weighted by atomic mass is 9.98. The third-order valence-electron chi connectivity index (χ3n) is 5.37. The minimum Gasteiger partial charge on any atom is -0.508 e. The highest BCUT2D eigenvalue weighted by molar-refractivity contribution is 7.14. The van der Waals surface area contributed by atoms with Crippen molar-refractivity contribution in [3.05, 3.63) is 95.4 Å². The number of methoxy groups -OCH3 is 1. The van der Waals surface area contributed by atoms with Crippen LogP contribution in [-0.2, 0) is 0 Å². The quantitative estimate of drug-likeness (QED) is 0.432. The van der Waals surface area contributed by atoms with E-state index in [0.717, 1.165) is 45.4 Å². The molecule has 1 unspecified atom stereocenters. The van der Waals surface area contributed by atoms with Crippen LogP contribution in [0.5, 0.6) is 11.5 Å². The van der Waals surface area contributed by atoms with Crippen molar-refractivity contribution in [2.45, 2.75) is 12.5 Å². The van der Waals surface area contributed by atoms with Crippen molar-refractivity contribution >= 4 is 22.2 Å². The van der Waals surface area contributed by atoms with Crippen LogP contribution < -0.4 is 9.75 Å². The third kappa shape index (κ3) is 3.90. The van der Waals surface area contributed by atoms with Gasteiger partial charge in [0.05, 0.1) is 24.6 Å². The Morgan fingerprint density at radius 1 is 0.935 bits per heavy atom. The van der Waals surface area contributed by atoms with E-state index in [0.29, 0.717) is 0 Å². The molecule has 5 nitrogen and oxygen atoms in total. The van der Waals surface area contributed by atoms with Gasteiger partial charge < -0.3 is 9.84 Å². The fraction of sp³-hybridized carbons (Fsp3) is 0.120. The molecule has 1 aliphatic heterocycles. The lowest BCUT2D eigenvalue weighted by Gasteiger charge is -2.21. The lowest BCUT2D eigenvalue weighted by Crippen LogP contribution is -2.18. The summed E-state index contributed by atoms with van der Waals surface area (Å²) in [4.78, 5) is 4.88. The monoisotopic (exact) mass is 427 g/mol. The number of hydrazone groups is 1. The minimum atomic E-state index is 0.00692. The van der Waals surface area contributed by atoms with Crippen LogP contribution in [0.2, 0.25) is 0 Å². The second kappa shape index (κ2) is 8.24. The summed E-state index contributed by atoms with van der Waals surface area (Å²) in [6.07, 6.45) is 0.747. The van der Waals surface area contributed by atoms with Gasteiger partial charge in [0.15, 0.2) is 0 Å². The molecule has 0 radical (unpaired) electrons. The van der Waals surface area contributed by atoms with E-state index in [1.165, 1.54) is 0 Å². The zero-order chi connectivity index (χ0) is 21.2. The molecule has 1 aliphatic rings. The second-order valence-corrected chi connectivity index (χ2v) is 8.15. The third-order valence-corrected chi connectivity index (χ3v) is 6.20. The summed E-state index contributed by atoms with van der Waals surface area (Å²) in [5, 5.41) is 19.6. The predicted octanol–water partition coefficient (Wildman–Crippen LogP) is 5.88. The summed E-state index contributed by atoms with van der Waals surface area (Å²) in [7, 11) is 1.66. The summed E-state index contributed by atoms with van der Waals surface area (Å²) < 4.78 is 5.29. The molecule has 2 heterocycles. The zero-order valence-corrected chi connectivity index (χ0v) is 17.8. The van der Waals surface area contributed by atoms with Gasteiger partial charge in [0.2, 0.25) is 5.13 Å². The molecular formula is C25H21N3O2S. The molecule has 0 fully saturated rings. The molecule has 0 saturated heterocycles. The molecule has 0 saturated carbocycles. The van der Waals surface area contributed by atoms with E-state index in [1.54, 1.807) is 30.6 Å². The maximum Gasteiger partial charge on any atom is 0.207 e. The Labute approximate surface area is 184 Å². The SMILES string of the molecule is COc1ccc(C2=NN(c3nc(-c4ccccc4)cs3)C(c3ccc(O)cc3)C2)cc1. The maximum absolute atomic E-state index is 9.73. The first-order valence-corrected chi connectivity index (χ1v) is 10.9. The molecule has 5 rings (SSSR count). The van der Waals surface area contributed by atoms with E-state index in [2.05, 4.69) is 17.5 Å². The van der Waals surface area contributed by atoms with Gasteiger partial charge >= 0.3 is 0 Å². The Hall–Kier alpha value is -3.64. The van der Waals surface area contributed by atoms with Gasteiger partial charge in [-0.25, -0.2) is 9.99 Å². The Balaban J connectivity index is 1.52. The van der Waals surface area contributed by atoms with Crippen molar-refractivity contribution < 1.29 is 9.84 Å². The second-order valence-electron chi connectivity index (χ2n) is 7.31. The van der Waals surface area contributed by atoms with Crippen LogP contribution in [0.4, 0.5) is 5.13 Å². The van der Waals surface area contributed by atoms with Gasteiger partial charge in [0.25, 0.3) is 0 Å². The number of hydrogen-bond donors (Lipinski definition) is 1. The Bertz CT molecular complexity index is 1200. The number of anilines is 1. The van der Waals surface area contributed by atoms with Gasteiger partial charge in [-0.15, -0.1) is 11.3 Å². The number of nitrogens with zero attached hydrogens (tertiary/aromatic N) is 3. The number of aromatic nitrogens is 1. The van der Waals surface area contributed by atoms with Crippen LogP contribution in [0, 0.1) is 0 Å². The van der Waals surface area contributed by atoms with Crippen molar-refractivity contribution in [2.24, 2.45) is 5.10 Å². The number of rotatable bonds is 5. The Kier molecular flexibility index (Phi) is 5.14. The van der Waals surface area contributed by atoms with E-state index < -0.39 is 0 Å². The molecule has 31 heavy (non-hydrogen) atoms. The van der Waals surface area contributed by atoms with Crippen LogP contribution in [0.1, 0.15) is 23.6 Å². The van der Waals surface area contributed by atoms with E-state index in [9.17, 15) is 5.11 Å². The van der Waals surface area contributed by atoms with E-state index in [-0.39, 0.29) is 11.8 Å². The molecule has 0 spiro atoms. The normalized spacial score (nSPS) is 15.7. The van der Waals surface area contributed by atoms with E-state index in [1.807, 2.05) is 59.6 Å². The highest BCUT2D eigenvalue weighted by Gasteiger charge is 2.31. The van der Waals surface area contributed by atoms with Crippen molar-refractivity contribution in [2.75, 3.05) is 12.1 Å². The van der Waals surface area contributed by atoms with Crippen molar-refractivity contribution in [1.82, 2.24) is 4.98 Å². The number of phenols is 1. The average molecular weight is 428 g/mol. The number of thiazole rings is 1. The predicted molar refractivity (Wildman–Crippen MR) is 125 cm³/mol. The van der Waals surface area contributed by atoms with Gasteiger partial charge in [0, 0.05) is 17.4 Å². The summed E-state index contributed by atoms with van der Waals surface area (Å²) in [5.41, 5.74) is 5.17. The number of phenolic OH excluding ortho intramolecular Hbond substituents is 1. The summed E-state index contributed by atoms with van der Waals surface area (Å²) in [6.45, 7) is 0. The fourth-order valence-corrected chi connectivity index (χ4v) is 4.54. The van der Waals surface area contributed by atoms with Crippen LogP contribution in [0.25, 0.3) is 11.3 Å². The summed E-state index contributed by atoms with van der Waals surface area (Å²) in [6, 6.07) is 25.5. The van der Waals surface area contributed by atoms with Gasteiger partial charge in [-0.2, -0.15) is 5.10 Å². The number of hydrogen-bond acceptors (Lipinski definition) is 6. The van der Waals surface area contributed by atoms with Crippen LogP contribution >= 0.6 is 11.3 Å². The fourth-order valence-electron chi connectivity index (χ4n) is 3.71. The smallest absolute Gasteiger partial charge is 0.207 e. The van der Waals surface area contributed by atoms with Gasteiger partial charge in [-0.1, -0.05) is 42.5 Å². The molecule has 154 valence electrons. The first-order valence-electron chi connectivity index (χ1n) is 10.0. The Morgan fingerprint density at radius 3 is 2.39 bits per heavy atom. The van der Waals surface area contributed by atoms with Crippen molar-refractivity contribution in [3.8, 4) is 22.8 Å². The zero-order valence-electron chi connectivity index (χ0n) is 17.0. The van der Waals surface area contributed by atoms with Crippen LogP contribution in [0.3, 0.4) is 0 Å². The van der Waals surface area contributed by atoms with Crippen molar-refractivity contribution in [1.29, 1.82) is 0 Å². The van der Waals surface area contributed by atoms with E-state index >= 15 is 0 Å². The van der Waals surface area contributed by atoms with E-state index in [4.69, 9.17) is 14.8 Å². The maximum atomic E-state index is 9.73. The minimum absolute atomic E-state index is 0.00692. The molecule has 1 atom stereocenters. The molecule has 4 aromatic rings. The largest absolute Gasteiger partial charge is 0.508 e. The molecule has 6 heteroatoms. The van der Waals surface area contributed by atoms with Gasteiger partial charge in [-0.05, 0) is 47.5 Å². The first kappa shape index (κ1) is 19.3. The molecule has 0 bridgehead atoms. The topological polar surface area (TPSA) is 58.0 Å². The Morgan fingerprint density at radius 2 is 1.68 bits per heavy atom. The molecular weight excluding hydrogens is 406 g/mol. The van der Waals surface area contributed by atoms with Crippen LogP contribution in [0.15, 0.2) is 89.3 Å². The molecule has 0 aliphatic carbocycles. The summed E-state index contributed by atoms with van der Waals surface area (Å²) >= 11 is 1.58. The number of ether oxygens (including phenoxy) is 1. The van der Waals surface area contributed by atoms with Gasteiger partial charge in [0.1, 0.15) is 11.5 Å². The summed E-state index contributed by atoms with van der Waals surface area (Å²) in [5.74, 6) is 1.08.